The number of rotatable bonds is 2. The van der Waals surface area contributed by atoms with Crippen molar-refractivity contribution >= 4 is 18.3 Å². The first-order valence-corrected chi connectivity index (χ1v) is 3.10. The van der Waals surface area contributed by atoms with Crippen LogP contribution in [0.25, 0.3) is 0 Å². The lowest BCUT2D eigenvalue weighted by molar-refractivity contribution is -0.118. The molecule has 0 bridgehead atoms. The Morgan fingerprint density at radius 2 is 1.91 bits per heavy atom. The molecule has 0 heterocycles. The van der Waals surface area contributed by atoms with Crippen molar-refractivity contribution < 1.29 is 4.79 Å². The lowest BCUT2D eigenvalue weighted by Gasteiger charge is -2.20. The number of nitrogens with two attached hydrogens (primary N) is 1. The van der Waals surface area contributed by atoms with Crippen LogP contribution >= 0.6 is 12.4 Å². The highest BCUT2D eigenvalue weighted by Gasteiger charge is 2.13. The lowest BCUT2D eigenvalue weighted by Crippen LogP contribution is -2.50. The van der Waals surface area contributed by atoms with Gasteiger partial charge in [-0.2, -0.15) is 0 Å². The SMILES string of the molecule is C=C(C)C(=O)NC(C)(C)N.Cl. The van der Waals surface area contributed by atoms with Crippen molar-refractivity contribution in [1.82, 2.24) is 5.32 Å². The molecule has 0 aliphatic heterocycles. The van der Waals surface area contributed by atoms with Crippen LogP contribution in [-0.2, 0) is 4.79 Å². The summed E-state index contributed by atoms with van der Waals surface area (Å²) in [5.74, 6) is -0.201. The van der Waals surface area contributed by atoms with Gasteiger partial charge in [-0.15, -0.1) is 12.4 Å². The Morgan fingerprint density at radius 3 is 2.00 bits per heavy atom. The van der Waals surface area contributed by atoms with Gasteiger partial charge in [0.15, 0.2) is 0 Å². The van der Waals surface area contributed by atoms with Gasteiger partial charge in [0.1, 0.15) is 0 Å². The first-order chi connectivity index (χ1) is 4.33. The van der Waals surface area contributed by atoms with Gasteiger partial charge in [0.05, 0.1) is 5.66 Å². The summed E-state index contributed by atoms with van der Waals surface area (Å²) >= 11 is 0. The number of hydrogen-bond donors (Lipinski definition) is 2. The number of hydrogen-bond acceptors (Lipinski definition) is 2. The molecule has 0 spiro atoms. The van der Waals surface area contributed by atoms with Crippen LogP contribution in [0.3, 0.4) is 0 Å². The zero-order valence-electron chi connectivity index (χ0n) is 7.10. The molecule has 0 saturated carbocycles. The van der Waals surface area contributed by atoms with Crippen molar-refractivity contribution in [3.63, 3.8) is 0 Å². The van der Waals surface area contributed by atoms with E-state index >= 15 is 0 Å². The van der Waals surface area contributed by atoms with Gasteiger partial charge in [0, 0.05) is 5.57 Å². The summed E-state index contributed by atoms with van der Waals surface area (Å²) in [6.07, 6.45) is 0. The van der Waals surface area contributed by atoms with E-state index < -0.39 is 5.66 Å². The van der Waals surface area contributed by atoms with Crippen molar-refractivity contribution in [1.29, 1.82) is 0 Å². The Kier molecular flexibility index (Phi) is 5.19. The van der Waals surface area contributed by atoms with Gasteiger partial charge >= 0.3 is 0 Å². The maximum atomic E-state index is 10.9. The number of carbonyl (C=O) groups is 1. The predicted molar refractivity (Wildman–Crippen MR) is 48.5 cm³/mol. The Bertz CT molecular complexity index is 160. The second-order valence-corrected chi connectivity index (χ2v) is 2.96. The van der Waals surface area contributed by atoms with Gasteiger partial charge in [-0.05, 0) is 20.8 Å². The predicted octanol–water partition coefficient (Wildman–Crippen LogP) is 0.795. The van der Waals surface area contributed by atoms with Crippen LogP contribution in [-0.4, -0.2) is 11.6 Å². The maximum absolute atomic E-state index is 10.9. The highest BCUT2D eigenvalue weighted by molar-refractivity contribution is 5.92. The molecule has 1 amide bonds. The van der Waals surface area contributed by atoms with E-state index in [1.54, 1.807) is 20.8 Å². The van der Waals surface area contributed by atoms with Crippen molar-refractivity contribution in [2.24, 2.45) is 5.73 Å². The smallest absolute Gasteiger partial charge is 0.247 e. The zero-order valence-corrected chi connectivity index (χ0v) is 7.92. The van der Waals surface area contributed by atoms with Gasteiger partial charge in [0.25, 0.3) is 0 Å². The van der Waals surface area contributed by atoms with Crippen LogP contribution in [0.15, 0.2) is 12.2 Å². The Hall–Kier alpha value is -0.540. The van der Waals surface area contributed by atoms with Gasteiger partial charge in [-0.25, -0.2) is 0 Å². The van der Waals surface area contributed by atoms with Crippen LogP contribution < -0.4 is 11.1 Å². The maximum Gasteiger partial charge on any atom is 0.247 e. The first kappa shape index (κ1) is 13.1. The average molecular weight is 179 g/mol. The van der Waals surface area contributed by atoms with Gasteiger partial charge in [-0.1, -0.05) is 6.58 Å². The summed E-state index contributed by atoms with van der Waals surface area (Å²) in [5, 5.41) is 2.56. The third-order valence-corrected chi connectivity index (χ3v) is 0.823. The van der Waals surface area contributed by atoms with Crippen molar-refractivity contribution in [3.05, 3.63) is 12.2 Å². The molecule has 0 unspecified atom stereocenters. The zero-order chi connectivity index (χ0) is 8.36. The standard InChI is InChI=1S/C7H14N2O.ClH/c1-5(2)6(10)9-7(3,4)8;/h1,8H2,2-4H3,(H,9,10);1H. The minimum Gasteiger partial charge on any atom is -0.335 e. The van der Waals surface area contributed by atoms with E-state index in [1.165, 1.54) is 0 Å². The minimum absolute atomic E-state index is 0. The summed E-state index contributed by atoms with van der Waals surface area (Å²) in [4.78, 5) is 10.9. The van der Waals surface area contributed by atoms with E-state index in [9.17, 15) is 4.79 Å². The lowest BCUT2D eigenvalue weighted by atomic mass is 10.2. The van der Waals surface area contributed by atoms with Crippen LogP contribution in [0.2, 0.25) is 0 Å². The molecule has 0 aromatic rings. The highest BCUT2D eigenvalue weighted by Crippen LogP contribution is 1.93. The summed E-state index contributed by atoms with van der Waals surface area (Å²) in [6, 6.07) is 0. The highest BCUT2D eigenvalue weighted by atomic mass is 35.5. The van der Waals surface area contributed by atoms with Crippen LogP contribution in [0.4, 0.5) is 0 Å². The van der Waals surface area contributed by atoms with Crippen LogP contribution in [0, 0.1) is 0 Å². The fourth-order valence-electron chi connectivity index (χ4n) is 0.399. The fourth-order valence-corrected chi connectivity index (χ4v) is 0.399. The molecular formula is C7H15ClN2O. The Balaban J connectivity index is 0. The largest absolute Gasteiger partial charge is 0.335 e. The number of nitrogens with one attached hydrogen (secondary N) is 1. The van der Waals surface area contributed by atoms with Crippen molar-refractivity contribution in [2.75, 3.05) is 0 Å². The number of carbonyl (C=O) groups excluding carboxylic acids is 1. The molecule has 0 aromatic heterocycles. The molecule has 0 radical (unpaired) electrons. The van der Waals surface area contributed by atoms with Gasteiger partial charge < -0.3 is 11.1 Å². The topological polar surface area (TPSA) is 55.1 Å². The molecule has 3 N–H and O–H groups in total. The third kappa shape index (κ3) is 7.36. The first-order valence-electron chi connectivity index (χ1n) is 3.10. The molecule has 66 valence electrons. The summed E-state index contributed by atoms with van der Waals surface area (Å²) < 4.78 is 0. The molecular weight excluding hydrogens is 164 g/mol. The summed E-state index contributed by atoms with van der Waals surface area (Å²) in [5.41, 5.74) is 5.32. The van der Waals surface area contributed by atoms with E-state index in [0.29, 0.717) is 5.57 Å². The molecule has 4 heteroatoms. The van der Waals surface area contributed by atoms with E-state index in [-0.39, 0.29) is 18.3 Å². The molecule has 0 aliphatic rings. The molecule has 0 saturated heterocycles. The molecule has 11 heavy (non-hydrogen) atoms. The quantitative estimate of drug-likeness (QED) is 0.486. The van der Waals surface area contributed by atoms with E-state index in [0.717, 1.165) is 0 Å². The van der Waals surface area contributed by atoms with E-state index in [2.05, 4.69) is 11.9 Å². The normalized spacial score (nSPS) is 9.82. The third-order valence-electron chi connectivity index (χ3n) is 0.823. The molecule has 3 nitrogen and oxygen atoms in total. The summed E-state index contributed by atoms with van der Waals surface area (Å²) in [6.45, 7) is 8.54. The molecule has 0 aromatic carbocycles. The molecule has 0 aliphatic carbocycles. The van der Waals surface area contributed by atoms with Gasteiger partial charge in [0.2, 0.25) is 5.91 Å². The number of amides is 1. The minimum atomic E-state index is -0.657. The fraction of sp³-hybridized carbons (Fsp3) is 0.571. The van der Waals surface area contributed by atoms with Crippen molar-refractivity contribution in [3.8, 4) is 0 Å². The Morgan fingerprint density at radius 1 is 1.55 bits per heavy atom. The van der Waals surface area contributed by atoms with Crippen LogP contribution in [0.1, 0.15) is 20.8 Å². The summed E-state index contributed by atoms with van der Waals surface area (Å²) in [7, 11) is 0. The number of halogens is 1. The van der Waals surface area contributed by atoms with E-state index in [1.807, 2.05) is 0 Å². The molecule has 0 atom stereocenters. The monoisotopic (exact) mass is 178 g/mol. The molecule has 0 fully saturated rings. The van der Waals surface area contributed by atoms with Crippen LogP contribution in [0.5, 0.6) is 0 Å². The average Bonchev–Trinajstić information content (AvgIpc) is 1.60. The van der Waals surface area contributed by atoms with E-state index in [4.69, 9.17) is 5.73 Å². The van der Waals surface area contributed by atoms with Gasteiger partial charge in [-0.3, -0.25) is 4.79 Å². The Labute approximate surface area is 73.4 Å². The second kappa shape index (κ2) is 4.36. The van der Waals surface area contributed by atoms with Crippen molar-refractivity contribution in [2.45, 2.75) is 26.4 Å². The molecule has 0 rings (SSSR count). The second-order valence-electron chi connectivity index (χ2n) is 2.96.